The molecule has 2 rings (SSSR count). The van der Waals surface area contributed by atoms with E-state index in [9.17, 15) is 9.59 Å². The van der Waals surface area contributed by atoms with Crippen molar-refractivity contribution in [2.24, 2.45) is 0 Å². The summed E-state index contributed by atoms with van der Waals surface area (Å²) in [6.45, 7) is 1.96. The van der Waals surface area contributed by atoms with Gasteiger partial charge in [-0.2, -0.15) is 0 Å². The van der Waals surface area contributed by atoms with Gasteiger partial charge in [0.1, 0.15) is 5.01 Å². The van der Waals surface area contributed by atoms with Gasteiger partial charge in [0.2, 0.25) is 11.8 Å². The zero-order valence-corrected chi connectivity index (χ0v) is 9.71. The van der Waals surface area contributed by atoms with Crippen LogP contribution in [-0.2, 0) is 9.59 Å². The van der Waals surface area contributed by atoms with Gasteiger partial charge in [0.05, 0.1) is 12.1 Å². The Hall–Kier alpha value is -1.27. The second-order valence-electron chi connectivity index (χ2n) is 3.76. The molecule has 2 N–H and O–H groups in total. The van der Waals surface area contributed by atoms with Crippen molar-refractivity contribution in [1.29, 1.82) is 0 Å². The van der Waals surface area contributed by atoms with Crippen LogP contribution in [0, 0.1) is 0 Å². The van der Waals surface area contributed by atoms with Crippen LogP contribution in [0.5, 0.6) is 0 Å². The number of aromatic nitrogens is 1. The predicted octanol–water partition coefficient (Wildman–Crippen LogP) is 0.599. The third-order valence-electron chi connectivity index (χ3n) is 2.51. The maximum Gasteiger partial charge on any atom is 0.243 e. The Morgan fingerprint density at radius 3 is 3.06 bits per heavy atom. The molecule has 0 aliphatic carbocycles. The molecule has 2 amide bonds. The van der Waals surface area contributed by atoms with Crippen LogP contribution in [0.3, 0.4) is 0 Å². The zero-order valence-electron chi connectivity index (χ0n) is 8.90. The number of hydrogen-bond acceptors (Lipinski definition) is 5. The van der Waals surface area contributed by atoms with E-state index in [0.717, 1.165) is 5.01 Å². The van der Waals surface area contributed by atoms with Gasteiger partial charge in [-0.3, -0.25) is 20.2 Å². The summed E-state index contributed by atoms with van der Waals surface area (Å²) in [5.41, 5.74) is 0. The number of carbonyl (C=O) groups is 2. The summed E-state index contributed by atoms with van der Waals surface area (Å²) < 4.78 is 0. The molecule has 16 heavy (non-hydrogen) atoms. The Morgan fingerprint density at radius 2 is 2.44 bits per heavy atom. The highest BCUT2D eigenvalue weighted by atomic mass is 32.1. The van der Waals surface area contributed by atoms with Crippen molar-refractivity contribution in [1.82, 2.24) is 15.6 Å². The fourth-order valence-electron chi connectivity index (χ4n) is 1.67. The highest BCUT2D eigenvalue weighted by Gasteiger charge is 2.27. The quantitative estimate of drug-likeness (QED) is 0.758. The molecule has 0 spiro atoms. The number of imide groups is 1. The first-order valence-electron chi connectivity index (χ1n) is 5.16. The molecule has 2 atom stereocenters. The van der Waals surface area contributed by atoms with Crippen molar-refractivity contribution in [3.8, 4) is 0 Å². The van der Waals surface area contributed by atoms with E-state index in [1.807, 2.05) is 12.3 Å². The second-order valence-corrected chi connectivity index (χ2v) is 4.69. The summed E-state index contributed by atoms with van der Waals surface area (Å²) in [4.78, 5) is 26.6. The van der Waals surface area contributed by atoms with Crippen LogP contribution in [0.1, 0.15) is 30.8 Å². The molecule has 0 radical (unpaired) electrons. The lowest BCUT2D eigenvalue weighted by molar-refractivity contribution is -0.134. The Bertz CT molecular complexity index is 391. The standard InChI is InChI=1S/C10H13N3O2S/c1-6(10-11-4-5-16-10)12-7-2-3-8(14)13-9(7)15/h4-7,12H,2-3H2,1H3,(H,13,14,15). The number of amides is 2. The normalized spacial score (nSPS) is 22.9. The van der Waals surface area contributed by atoms with Gasteiger partial charge in [-0.1, -0.05) is 0 Å². The fraction of sp³-hybridized carbons (Fsp3) is 0.500. The van der Waals surface area contributed by atoms with Gasteiger partial charge in [0.15, 0.2) is 0 Å². The van der Waals surface area contributed by atoms with Crippen molar-refractivity contribution in [3.05, 3.63) is 16.6 Å². The Kier molecular flexibility index (Phi) is 3.31. The molecule has 2 unspecified atom stereocenters. The molecule has 1 aliphatic rings. The number of thiazole rings is 1. The van der Waals surface area contributed by atoms with Gasteiger partial charge in [-0.05, 0) is 13.3 Å². The van der Waals surface area contributed by atoms with E-state index < -0.39 is 0 Å². The minimum Gasteiger partial charge on any atom is -0.297 e. The SMILES string of the molecule is CC(NC1CCC(=O)NC1=O)c1nccs1. The van der Waals surface area contributed by atoms with Gasteiger partial charge >= 0.3 is 0 Å². The van der Waals surface area contributed by atoms with Crippen molar-refractivity contribution in [2.45, 2.75) is 31.8 Å². The van der Waals surface area contributed by atoms with Gasteiger partial charge in [0, 0.05) is 18.0 Å². The lowest BCUT2D eigenvalue weighted by Gasteiger charge is -2.24. The lowest BCUT2D eigenvalue weighted by Crippen LogP contribution is -2.51. The monoisotopic (exact) mass is 239 g/mol. The molecule has 1 saturated heterocycles. The summed E-state index contributed by atoms with van der Waals surface area (Å²) in [5, 5.41) is 8.35. The van der Waals surface area contributed by atoms with E-state index in [4.69, 9.17) is 0 Å². The van der Waals surface area contributed by atoms with E-state index in [-0.39, 0.29) is 23.9 Å². The molecule has 0 aromatic carbocycles. The largest absolute Gasteiger partial charge is 0.297 e. The summed E-state index contributed by atoms with van der Waals surface area (Å²) in [6.07, 6.45) is 2.69. The van der Waals surface area contributed by atoms with Crippen LogP contribution >= 0.6 is 11.3 Å². The summed E-state index contributed by atoms with van der Waals surface area (Å²) in [6, 6.07) is -0.263. The van der Waals surface area contributed by atoms with E-state index in [1.165, 1.54) is 0 Å². The van der Waals surface area contributed by atoms with Gasteiger partial charge in [-0.15, -0.1) is 11.3 Å². The van der Waals surface area contributed by atoms with Crippen LogP contribution < -0.4 is 10.6 Å². The lowest BCUT2D eigenvalue weighted by atomic mass is 10.1. The first-order chi connectivity index (χ1) is 7.66. The number of nitrogens with zero attached hydrogens (tertiary/aromatic N) is 1. The molecule has 0 bridgehead atoms. The topological polar surface area (TPSA) is 71.1 Å². The zero-order chi connectivity index (χ0) is 11.5. The Balaban J connectivity index is 1.95. The summed E-state index contributed by atoms with van der Waals surface area (Å²) >= 11 is 1.55. The van der Waals surface area contributed by atoms with Crippen molar-refractivity contribution in [2.75, 3.05) is 0 Å². The first kappa shape index (κ1) is 11.2. The molecular weight excluding hydrogens is 226 g/mol. The molecule has 1 aromatic rings. The summed E-state index contributed by atoms with van der Waals surface area (Å²) in [5.74, 6) is -0.426. The molecule has 6 heteroatoms. The van der Waals surface area contributed by atoms with E-state index in [1.54, 1.807) is 17.5 Å². The maximum atomic E-state index is 11.5. The second kappa shape index (κ2) is 4.71. The number of carbonyl (C=O) groups excluding carboxylic acids is 2. The molecule has 1 aliphatic heterocycles. The van der Waals surface area contributed by atoms with Crippen LogP contribution in [0.15, 0.2) is 11.6 Å². The smallest absolute Gasteiger partial charge is 0.243 e. The highest BCUT2D eigenvalue weighted by molar-refractivity contribution is 7.09. The van der Waals surface area contributed by atoms with E-state index in [2.05, 4.69) is 15.6 Å². The van der Waals surface area contributed by atoms with E-state index >= 15 is 0 Å². The van der Waals surface area contributed by atoms with E-state index in [0.29, 0.717) is 12.8 Å². The molecule has 1 aromatic heterocycles. The molecule has 2 heterocycles. The Morgan fingerprint density at radius 1 is 1.62 bits per heavy atom. The van der Waals surface area contributed by atoms with Gasteiger partial charge in [-0.25, -0.2) is 4.98 Å². The number of rotatable bonds is 3. The van der Waals surface area contributed by atoms with Crippen molar-refractivity contribution < 1.29 is 9.59 Å². The van der Waals surface area contributed by atoms with Gasteiger partial charge < -0.3 is 0 Å². The van der Waals surface area contributed by atoms with Crippen LogP contribution in [-0.4, -0.2) is 22.8 Å². The van der Waals surface area contributed by atoms with Crippen LogP contribution in [0.4, 0.5) is 0 Å². The maximum absolute atomic E-state index is 11.5. The summed E-state index contributed by atoms with van der Waals surface area (Å²) in [7, 11) is 0. The average molecular weight is 239 g/mol. The third kappa shape index (κ3) is 2.45. The molecule has 1 fully saturated rings. The number of piperidine rings is 1. The minimum atomic E-state index is -0.295. The third-order valence-corrected chi connectivity index (χ3v) is 3.47. The van der Waals surface area contributed by atoms with Crippen molar-refractivity contribution >= 4 is 23.2 Å². The minimum absolute atomic E-state index is 0.0314. The number of nitrogens with one attached hydrogen (secondary N) is 2. The fourth-order valence-corrected chi connectivity index (χ4v) is 2.33. The van der Waals surface area contributed by atoms with Crippen molar-refractivity contribution in [3.63, 3.8) is 0 Å². The first-order valence-corrected chi connectivity index (χ1v) is 6.04. The highest BCUT2D eigenvalue weighted by Crippen LogP contribution is 2.17. The van der Waals surface area contributed by atoms with Crippen LogP contribution in [0.2, 0.25) is 0 Å². The average Bonchev–Trinajstić information content (AvgIpc) is 2.75. The molecule has 86 valence electrons. The van der Waals surface area contributed by atoms with Crippen LogP contribution in [0.25, 0.3) is 0 Å². The van der Waals surface area contributed by atoms with Gasteiger partial charge in [0.25, 0.3) is 0 Å². The number of hydrogen-bond donors (Lipinski definition) is 2. The Labute approximate surface area is 97.3 Å². The molecule has 0 saturated carbocycles. The molecular formula is C10H13N3O2S. The molecule has 5 nitrogen and oxygen atoms in total. The predicted molar refractivity (Wildman–Crippen MR) is 59.8 cm³/mol.